The maximum Gasteiger partial charge on any atom is 0.229 e. The second kappa shape index (κ2) is 10.5. The van der Waals surface area contributed by atoms with Gasteiger partial charge in [-0.15, -0.1) is 0 Å². The van der Waals surface area contributed by atoms with E-state index in [1.54, 1.807) is 18.2 Å². The zero-order valence-electron chi connectivity index (χ0n) is 18.1. The second-order valence-corrected chi connectivity index (χ2v) is 9.80. The van der Waals surface area contributed by atoms with E-state index in [0.29, 0.717) is 33.5 Å². The van der Waals surface area contributed by atoms with Gasteiger partial charge in [0.25, 0.3) is 0 Å². The van der Waals surface area contributed by atoms with Gasteiger partial charge in [0.2, 0.25) is 5.95 Å². The standard InChI is InChI=1S/C23H23ClN4O4S/c1-4-17(29)12-16-7-5-6-8-19(16)26-22-18(24)13-25-23(28-22)27-20-10-9-15(11-21(20)32-2)14-33(3,30)31/h4-11,13H,1,12,14H2,2-3H3,(H2,25,26,27,28). The van der Waals surface area contributed by atoms with Crippen molar-refractivity contribution in [3.05, 3.63) is 77.5 Å². The van der Waals surface area contributed by atoms with Gasteiger partial charge in [-0.3, -0.25) is 4.79 Å². The minimum absolute atomic E-state index is 0.0943. The highest BCUT2D eigenvalue weighted by molar-refractivity contribution is 7.89. The van der Waals surface area contributed by atoms with E-state index in [1.165, 1.54) is 25.6 Å². The van der Waals surface area contributed by atoms with Crippen molar-refractivity contribution in [3.8, 4) is 5.75 Å². The Balaban J connectivity index is 1.86. The monoisotopic (exact) mass is 486 g/mol. The number of hydrogen-bond donors (Lipinski definition) is 2. The topological polar surface area (TPSA) is 110 Å². The summed E-state index contributed by atoms with van der Waals surface area (Å²) in [5.41, 5.74) is 2.61. The molecule has 0 unspecified atom stereocenters. The zero-order chi connectivity index (χ0) is 24.0. The number of anilines is 4. The lowest BCUT2D eigenvalue weighted by Crippen LogP contribution is -2.06. The number of benzene rings is 2. The molecule has 0 saturated heterocycles. The summed E-state index contributed by atoms with van der Waals surface area (Å²) in [6, 6.07) is 12.4. The van der Waals surface area contributed by atoms with Crippen LogP contribution in [0.1, 0.15) is 11.1 Å². The predicted octanol–water partition coefficient (Wildman–Crippen LogP) is 4.47. The molecular formula is C23H23ClN4O4S. The van der Waals surface area contributed by atoms with Crippen molar-refractivity contribution in [1.29, 1.82) is 0 Å². The molecule has 172 valence electrons. The minimum Gasteiger partial charge on any atom is -0.495 e. The van der Waals surface area contributed by atoms with Gasteiger partial charge in [-0.1, -0.05) is 42.4 Å². The molecule has 3 rings (SSSR count). The fraction of sp³-hybridized carbons (Fsp3) is 0.174. The summed E-state index contributed by atoms with van der Waals surface area (Å²) in [5.74, 6) is 0.837. The molecule has 3 aromatic rings. The largest absolute Gasteiger partial charge is 0.495 e. The normalized spacial score (nSPS) is 11.0. The van der Waals surface area contributed by atoms with Crippen LogP contribution in [0.25, 0.3) is 0 Å². The molecule has 33 heavy (non-hydrogen) atoms. The molecule has 0 spiro atoms. The first-order chi connectivity index (χ1) is 15.7. The summed E-state index contributed by atoms with van der Waals surface area (Å²) in [6.07, 6.45) is 4.09. The van der Waals surface area contributed by atoms with Crippen LogP contribution >= 0.6 is 11.6 Å². The fourth-order valence-electron chi connectivity index (χ4n) is 3.05. The quantitative estimate of drug-likeness (QED) is 0.404. The third-order valence-corrected chi connectivity index (χ3v) is 5.68. The van der Waals surface area contributed by atoms with Gasteiger partial charge in [-0.2, -0.15) is 4.98 Å². The molecule has 0 fully saturated rings. The lowest BCUT2D eigenvalue weighted by Gasteiger charge is -2.14. The second-order valence-electron chi connectivity index (χ2n) is 7.25. The zero-order valence-corrected chi connectivity index (χ0v) is 19.7. The number of hydrogen-bond acceptors (Lipinski definition) is 8. The average molecular weight is 487 g/mol. The SMILES string of the molecule is C=CC(=O)Cc1ccccc1Nc1nc(Nc2ccc(CS(C)(=O)=O)cc2OC)ncc1Cl. The number of allylic oxidation sites excluding steroid dienone is 1. The van der Waals surface area contributed by atoms with Crippen LogP contribution in [0.3, 0.4) is 0 Å². The van der Waals surface area contributed by atoms with E-state index in [2.05, 4.69) is 27.2 Å². The Kier molecular flexibility index (Phi) is 7.67. The summed E-state index contributed by atoms with van der Waals surface area (Å²) in [5, 5.41) is 6.51. The van der Waals surface area contributed by atoms with Crippen LogP contribution in [-0.2, 0) is 26.8 Å². The molecule has 1 heterocycles. The predicted molar refractivity (Wildman–Crippen MR) is 130 cm³/mol. The number of sulfone groups is 1. The Labute approximate surface area is 197 Å². The van der Waals surface area contributed by atoms with Gasteiger partial charge in [-0.25, -0.2) is 13.4 Å². The Morgan fingerprint density at radius 1 is 1.18 bits per heavy atom. The van der Waals surface area contributed by atoms with Gasteiger partial charge in [0.05, 0.1) is 24.7 Å². The summed E-state index contributed by atoms with van der Waals surface area (Å²) < 4.78 is 28.5. The molecule has 0 saturated carbocycles. The van der Waals surface area contributed by atoms with Gasteiger partial charge in [-0.05, 0) is 35.4 Å². The minimum atomic E-state index is -3.18. The van der Waals surface area contributed by atoms with Crippen LogP contribution in [-0.4, -0.2) is 37.5 Å². The first kappa shape index (κ1) is 24.2. The maximum atomic E-state index is 11.8. The van der Waals surface area contributed by atoms with Crippen molar-refractivity contribution in [3.63, 3.8) is 0 Å². The fourth-order valence-corrected chi connectivity index (χ4v) is 3.97. The lowest BCUT2D eigenvalue weighted by atomic mass is 10.1. The number of aromatic nitrogens is 2. The number of carbonyl (C=O) groups excluding carboxylic acids is 1. The molecule has 2 N–H and O–H groups in total. The number of nitrogens with one attached hydrogen (secondary N) is 2. The third-order valence-electron chi connectivity index (χ3n) is 4.55. The highest BCUT2D eigenvalue weighted by Gasteiger charge is 2.13. The van der Waals surface area contributed by atoms with Crippen molar-refractivity contribution >= 4 is 50.4 Å². The number of ketones is 1. The van der Waals surface area contributed by atoms with Crippen molar-refractivity contribution in [2.75, 3.05) is 24.0 Å². The molecule has 0 bridgehead atoms. The molecule has 0 radical (unpaired) electrons. The van der Waals surface area contributed by atoms with Gasteiger partial charge >= 0.3 is 0 Å². The van der Waals surface area contributed by atoms with Crippen molar-refractivity contribution < 1.29 is 17.9 Å². The van der Waals surface area contributed by atoms with Gasteiger partial charge < -0.3 is 15.4 Å². The molecule has 1 aromatic heterocycles. The molecule has 0 aliphatic rings. The Hall–Kier alpha value is -3.43. The van der Waals surface area contributed by atoms with E-state index in [9.17, 15) is 13.2 Å². The molecular weight excluding hydrogens is 464 g/mol. The number of halogens is 1. The number of nitrogens with zero attached hydrogens (tertiary/aromatic N) is 2. The van der Waals surface area contributed by atoms with E-state index in [1.807, 2.05) is 24.3 Å². The van der Waals surface area contributed by atoms with Crippen LogP contribution in [0, 0.1) is 0 Å². The average Bonchev–Trinajstić information content (AvgIpc) is 2.77. The highest BCUT2D eigenvalue weighted by Crippen LogP contribution is 2.31. The molecule has 10 heteroatoms. The Morgan fingerprint density at radius 3 is 2.64 bits per heavy atom. The van der Waals surface area contributed by atoms with E-state index in [-0.39, 0.29) is 23.9 Å². The number of rotatable bonds is 10. The van der Waals surface area contributed by atoms with Crippen LogP contribution in [0.5, 0.6) is 5.75 Å². The van der Waals surface area contributed by atoms with Crippen LogP contribution in [0.4, 0.5) is 23.1 Å². The third kappa shape index (κ3) is 6.77. The Bertz CT molecular complexity index is 1300. The van der Waals surface area contributed by atoms with Crippen LogP contribution in [0.2, 0.25) is 5.02 Å². The van der Waals surface area contributed by atoms with Gasteiger partial charge in [0.1, 0.15) is 10.8 Å². The number of carbonyl (C=O) groups is 1. The highest BCUT2D eigenvalue weighted by atomic mass is 35.5. The first-order valence-electron chi connectivity index (χ1n) is 9.83. The maximum absolute atomic E-state index is 11.8. The summed E-state index contributed by atoms with van der Waals surface area (Å²) >= 11 is 6.30. The van der Waals surface area contributed by atoms with Crippen LogP contribution < -0.4 is 15.4 Å². The molecule has 0 aliphatic heterocycles. The van der Waals surface area contributed by atoms with E-state index in [4.69, 9.17) is 16.3 Å². The number of para-hydroxylation sites is 1. The number of ether oxygens (including phenoxy) is 1. The van der Waals surface area contributed by atoms with Gasteiger partial charge in [0.15, 0.2) is 21.4 Å². The van der Waals surface area contributed by atoms with E-state index >= 15 is 0 Å². The Morgan fingerprint density at radius 2 is 1.94 bits per heavy atom. The molecule has 8 nitrogen and oxygen atoms in total. The van der Waals surface area contributed by atoms with Crippen LogP contribution in [0.15, 0.2) is 61.3 Å². The molecule has 2 aromatic carbocycles. The van der Waals surface area contributed by atoms with Gasteiger partial charge in [0, 0.05) is 18.4 Å². The molecule has 0 atom stereocenters. The first-order valence-corrected chi connectivity index (χ1v) is 12.3. The number of methoxy groups -OCH3 is 1. The van der Waals surface area contributed by atoms with E-state index in [0.717, 1.165) is 5.56 Å². The summed E-state index contributed by atoms with van der Waals surface area (Å²) in [6.45, 7) is 3.51. The smallest absolute Gasteiger partial charge is 0.229 e. The molecule has 0 aliphatic carbocycles. The van der Waals surface area contributed by atoms with E-state index < -0.39 is 9.84 Å². The summed E-state index contributed by atoms with van der Waals surface area (Å²) in [7, 11) is -1.69. The summed E-state index contributed by atoms with van der Waals surface area (Å²) in [4.78, 5) is 20.5. The molecule has 0 amide bonds. The van der Waals surface area contributed by atoms with Crippen molar-refractivity contribution in [2.45, 2.75) is 12.2 Å². The van der Waals surface area contributed by atoms with Crippen molar-refractivity contribution in [2.24, 2.45) is 0 Å². The lowest BCUT2D eigenvalue weighted by molar-refractivity contribution is -0.114. The van der Waals surface area contributed by atoms with Crippen molar-refractivity contribution in [1.82, 2.24) is 9.97 Å².